The molecule has 0 unspecified atom stereocenters. The van der Waals surface area contributed by atoms with Crippen LogP contribution < -0.4 is 0 Å². The van der Waals surface area contributed by atoms with Gasteiger partial charge in [-0.3, -0.25) is 4.79 Å². The standard InChI is InChI=1S/C13H19NO4/c1-3-4-6-18-7-5-14-9-11(10(2)15)8-12(14)13(16)17/h8-9H,3-7H2,1-2H3,(H,16,17). The van der Waals surface area contributed by atoms with Gasteiger partial charge >= 0.3 is 5.97 Å². The van der Waals surface area contributed by atoms with E-state index in [1.54, 1.807) is 10.8 Å². The highest BCUT2D eigenvalue weighted by atomic mass is 16.5. The lowest BCUT2D eigenvalue weighted by molar-refractivity contribution is 0.0680. The maximum Gasteiger partial charge on any atom is 0.352 e. The molecule has 0 aliphatic carbocycles. The Hall–Kier alpha value is -1.62. The average Bonchev–Trinajstić information content (AvgIpc) is 2.73. The number of aromatic nitrogens is 1. The molecule has 1 rings (SSSR count). The average molecular weight is 253 g/mol. The van der Waals surface area contributed by atoms with Crippen LogP contribution in [0.2, 0.25) is 0 Å². The van der Waals surface area contributed by atoms with Gasteiger partial charge in [0.15, 0.2) is 5.78 Å². The highest BCUT2D eigenvalue weighted by molar-refractivity contribution is 5.97. The molecule has 5 heteroatoms. The number of carboxylic acids is 1. The number of ether oxygens (including phenoxy) is 1. The fraction of sp³-hybridized carbons (Fsp3) is 0.538. The van der Waals surface area contributed by atoms with E-state index in [9.17, 15) is 9.59 Å². The first kappa shape index (κ1) is 14.4. The van der Waals surface area contributed by atoms with Crippen LogP contribution in [0.1, 0.15) is 47.5 Å². The summed E-state index contributed by atoms with van der Waals surface area (Å²) in [5.41, 5.74) is 0.542. The molecule has 0 aromatic carbocycles. The topological polar surface area (TPSA) is 68.5 Å². The molecule has 0 bridgehead atoms. The molecule has 0 fully saturated rings. The molecule has 0 amide bonds. The van der Waals surface area contributed by atoms with Crippen LogP contribution in [-0.2, 0) is 11.3 Å². The van der Waals surface area contributed by atoms with Crippen molar-refractivity contribution in [1.82, 2.24) is 4.57 Å². The Kier molecular flexibility index (Phi) is 5.58. The van der Waals surface area contributed by atoms with Crippen molar-refractivity contribution in [1.29, 1.82) is 0 Å². The van der Waals surface area contributed by atoms with E-state index >= 15 is 0 Å². The Bertz CT molecular complexity index is 423. The first-order valence-electron chi connectivity index (χ1n) is 6.08. The van der Waals surface area contributed by atoms with E-state index in [0.29, 0.717) is 25.3 Å². The number of carbonyl (C=O) groups is 2. The quantitative estimate of drug-likeness (QED) is 0.569. The minimum Gasteiger partial charge on any atom is -0.477 e. The number of Topliss-reactive ketones (excluding diaryl/α,β-unsaturated/α-hetero) is 1. The van der Waals surface area contributed by atoms with E-state index in [0.717, 1.165) is 12.8 Å². The molecule has 18 heavy (non-hydrogen) atoms. The molecule has 5 nitrogen and oxygen atoms in total. The molecule has 0 saturated carbocycles. The Morgan fingerprint density at radius 3 is 2.67 bits per heavy atom. The van der Waals surface area contributed by atoms with E-state index in [2.05, 4.69) is 6.92 Å². The summed E-state index contributed by atoms with van der Waals surface area (Å²) in [5, 5.41) is 9.03. The third kappa shape index (κ3) is 4.00. The number of nitrogens with zero attached hydrogens (tertiary/aromatic N) is 1. The maximum absolute atomic E-state index is 11.2. The Labute approximate surface area is 106 Å². The lowest BCUT2D eigenvalue weighted by atomic mass is 10.2. The Morgan fingerprint density at radius 2 is 2.11 bits per heavy atom. The second-order valence-corrected chi connectivity index (χ2v) is 4.13. The third-order valence-electron chi connectivity index (χ3n) is 2.64. The lowest BCUT2D eigenvalue weighted by Crippen LogP contribution is -2.12. The fourth-order valence-corrected chi connectivity index (χ4v) is 1.58. The van der Waals surface area contributed by atoms with Crippen molar-refractivity contribution in [3.05, 3.63) is 23.5 Å². The van der Waals surface area contributed by atoms with E-state index in [-0.39, 0.29) is 11.5 Å². The molecule has 0 radical (unpaired) electrons. The second kappa shape index (κ2) is 6.96. The van der Waals surface area contributed by atoms with Crippen LogP contribution in [0.25, 0.3) is 0 Å². The number of ketones is 1. The van der Waals surface area contributed by atoms with Crippen LogP contribution in [0, 0.1) is 0 Å². The van der Waals surface area contributed by atoms with Crippen LogP contribution in [0.3, 0.4) is 0 Å². The third-order valence-corrected chi connectivity index (χ3v) is 2.64. The van der Waals surface area contributed by atoms with Crippen LogP contribution in [0.4, 0.5) is 0 Å². The Balaban J connectivity index is 2.63. The van der Waals surface area contributed by atoms with Crippen molar-refractivity contribution in [2.45, 2.75) is 33.2 Å². The lowest BCUT2D eigenvalue weighted by Gasteiger charge is -2.06. The van der Waals surface area contributed by atoms with Gasteiger partial charge in [-0.25, -0.2) is 4.79 Å². The SMILES string of the molecule is CCCCOCCn1cc(C(C)=O)cc1C(=O)O. The normalized spacial score (nSPS) is 10.6. The minimum atomic E-state index is -1.03. The van der Waals surface area contributed by atoms with Gasteiger partial charge in [-0.05, 0) is 19.4 Å². The number of hydrogen-bond acceptors (Lipinski definition) is 3. The van der Waals surface area contributed by atoms with Crippen molar-refractivity contribution < 1.29 is 19.4 Å². The summed E-state index contributed by atoms with van der Waals surface area (Å²) < 4.78 is 6.93. The molecule has 0 aliphatic heterocycles. The van der Waals surface area contributed by atoms with Crippen LogP contribution >= 0.6 is 0 Å². The number of aromatic carboxylic acids is 1. The van der Waals surface area contributed by atoms with Gasteiger partial charge in [0.1, 0.15) is 5.69 Å². The predicted octanol–water partition coefficient (Wildman–Crippen LogP) is 2.21. The first-order chi connectivity index (χ1) is 8.56. The van der Waals surface area contributed by atoms with Gasteiger partial charge in [-0.15, -0.1) is 0 Å². The number of carbonyl (C=O) groups excluding carboxylic acids is 1. The van der Waals surface area contributed by atoms with E-state index in [4.69, 9.17) is 9.84 Å². The van der Waals surface area contributed by atoms with Gasteiger partial charge in [0.2, 0.25) is 0 Å². The highest BCUT2D eigenvalue weighted by Crippen LogP contribution is 2.10. The van der Waals surface area contributed by atoms with Gasteiger partial charge in [0, 0.05) is 24.9 Å². The smallest absolute Gasteiger partial charge is 0.352 e. The molecular formula is C13H19NO4. The van der Waals surface area contributed by atoms with Gasteiger partial charge in [0.05, 0.1) is 6.61 Å². The molecule has 0 spiro atoms. The zero-order chi connectivity index (χ0) is 13.5. The minimum absolute atomic E-state index is 0.124. The summed E-state index contributed by atoms with van der Waals surface area (Å²) in [6, 6.07) is 1.40. The summed E-state index contributed by atoms with van der Waals surface area (Å²) in [4.78, 5) is 22.2. The number of unbranched alkanes of at least 4 members (excludes halogenated alkanes) is 1. The number of rotatable bonds is 8. The summed E-state index contributed by atoms with van der Waals surface area (Å²) in [5.74, 6) is -1.17. The largest absolute Gasteiger partial charge is 0.477 e. The molecule has 0 aliphatic rings. The van der Waals surface area contributed by atoms with Crippen molar-refractivity contribution in [3.8, 4) is 0 Å². The van der Waals surface area contributed by atoms with Crippen molar-refractivity contribution >= 4 is 11.8 Å². The van der Waals surface area contributed by atoms with Crippen LogP contribution in [0.15, 0.2) is 12.3 Å². The summed E-state index contributed by atoms with van der Waals surface area (Å²) >= 11 is 0. The molecule has 1 heterocycles. The molecule has 1 N–H and O–H groups in total. The zero-order valence-corrected chi connectivity index (χ0v) is 10.8. The Morgan fingerprint density at radius 1 is 1.39 bits per heavy atom. The summed E-state index contributed by atoms with van der Waals surface area (Å²) in [7, 11) is 0. The molecule has 1 aromatic rings. The zero-order valence-electron chi connectivity index (χ0n) is 10.8. The van der Waals surface area contributed by atoms with E-state index < -0.39 is 5.97 Å². The number of carboxylic acid groups (broad SMARTS) is 1. The number of hydrogen-bond donors (Lipinski definition) is 1. The molecule has 100 valence electrons. The van der Waals surface area contributed by atoms with Gasteiger partial charge in [-0.2, -0.15) is 0 Å². The van der Waals surface area contributed by atoms with E-state index in [1.165, 1.54) is 13.0 Å². The van der Waals surface area contributed by atoms with E-state index in [1.807, 2.05) is 0 Å². The molecular weight excluding hydrogens is 234 g/mol. The van der Waals surface area contributed by atoms with Gasteiger partial charge in [0.25, 0.3) is 0 Å². The fourth-order valence-electron chi connectivity index (χ4n) is 1.58. The summed E-state index contributed by atoms with van der Waals surface area (Å²) in [6.07, 6.45) is 3.63. The van der Waals surface area contributed by atoms with Gasteiger partial charge in [-0.1, -0.05) is 13.3 Å². The molecule has 1 aromatic heterocycles. The highest BCUT2D eigenvalue weighted by Gasteiger charge is 2.14. The monoisotopic (exact) mass is 253 g/mol. The predicted molar refractivity (Wildman–Crippen MR) is 67.1 cm³/mol. The molecule has 0 saturated heterocycles. The second-order valence-electron chi connectivity index (χ2n) is 4.13. The van der Waals surface area contributed by atoms with Crippen molar-refractivity contribution in [2.75, 3.05) is 13.2 Å². The summed E-state index contributed by atoms with van der Waals surface area (Å²) in [6.45, 7) is 5.07. The van der Waals surface area contributed by atoms with Crippen LogP contribution in [-0.4, -0.2) is 34.6 Å². The maximum atomic E-state index is 11.2. The van der Waals surface area contributed by atoms with Gasteiger partial charge < -0.3 is 14.4 Å². The first-order valence-corrected chi connectivity index (χ1v) is 6.08. The van der Waals surface area contributed by atoms with Crippen molar-refractivity contribution in [3.63, 3.8) is 0 Å². The molecule has 0 atom stereocenters. The van der Waals surface area contributed by atoms with Crippen molar-refractivity contribution in [2.24, 2.45) is 0 Å². The van der Waals surface area contributed by atoms with Crippen LogP contribution in [0.5, 0.6) is 0 Å².